The van der Waals surface area contributed by atoms with Crippen LogP contribution in [0.4, 0.5) is 5.69 Å². The Balaban J connectivity index is 1.81. The van der Waals surface area contributed by atoms with Gasteiger partial charge in [0.05, 0.1) is 4.90 Å². The normalized spacial score (nSPS) is 11.9. The molecule has 3 N–H and O–H groups in total. The number of nitrogens with one attached hydrogen (secondary N) is 3. The highest BCUT2D eigenvalue weighted by atomic mass is 32.2. The lowest BCUT2D eigenvalue weighted by atomic mass is 10.1. The van der Waals surface area contributed by atoms with E-state index in [-0.39, 0.29) is 10.9 Å². The third-order valence-electron chi connectivity index (χ3n) is 4.50. The minimum absolute atomic E-state index is 0.0933. The average molecular weight is 423 g/mol. The summed E-state index contributed by atoms with van der Waals surface area (Å²) in [7, 11) is -3.88. The van der Waals surface area contributed by atoms with Gasteiger partial charge in [0.25, 0.3) is 10.0 Å². The van der Waals surface area contributed by atoms with Gasteiger partial charge in [0.2, 0.25) is 5.96 Å². The molecule has 3 aromatic rings. The zero-order valence-corrected chi connectivity index (χ0v) is 17.9. The second-order valence-corrected chi connectivity index (χ2v) is 8.47. The summed E-state index contributed by atoms with van der Waals surface area (Å²) in [6.07, 6.45) is 0.930. The standard InChI is InChI=1S/C23H26N4O2S/c1-3-19-11-13-21(14-12-19)25-23(26-24-17-20-7-5-4-6-8-20)27-30(28,29)22-15-9-18(2)10-16-22/h4-16,24H,3,17H2,1-2H3,(H2,25,26,27). The van der Waals surface area contributed by atoms with Crippen molar-refractivity contribution in [2.75, 3.05) is 5.32 Å². The van der Waals surface area contributed by atoms with Crippen molar-refractivity contribution in [1.29, 1.82) is 0 Å². The Morgan fingerprint density at radius 2 is 1.53 bits per heavy atom. The lowest BCUT2D eigenvalue weighted by Crippen LogP contribution is -2.41. The van der Waals surface area contributed by atoms with Gasteiger partial charge in [-0.25, -0.2) is 5.43 Å². The van der Waals surface area contributed by atoms with Gasteiger partial charge in [-0.1, -0.05) is 67.1 Å². The summed E-state index contributed by atoms with van der Waals surface area (Å²) in [5.74, 6) is 0.0933. The lowest BCUT2D eigenvalue weighted by Gasteiger charge is -2.14. The zero-order chi connectivity index (χ0) is 21.4. The first-order valence-corrected chi connectivity index (χ1v) is 11.2. The Kier molecular flexibility index (Phi) is 7.21. The molecule has 0 spiro atoms. The fourth-order valence-corrected chi connectivity index (χ4v) is 3.66. The van der Waals surface area contributed by atoms with Gasteiger partial charge in [0.15, 0.2) is 0 Å². The summed E-state index contributed by atoms with van der Waals surface area (Å²) >= 11 is 0. The van der Waals surface area contributed by atoms with E-state index in [2.05, 4.69) is 27.5 Å². The number of rotatable bonds is 7. The van der Waals surface area contributed by atoms with E-state index < -0.39 is 10.0 Å². The van der Waals surface area contributed by atoms with E-state index in [0.717, 1.165) is 23.2 Å². The molecule has 0 aliphatic rings. The van der Waals surface area contributed by atoms with Crippen LogP contribution in [0, 0.1) is 6.92 Å². The number of guanidine groups is 1. The molecule has 3 rings (SSSR count). The second kappa shape index (κ2) is 10.0. The highest BCUT2D eigenvalue weighted by Gasteiger charge is 2.15. The van der Waals surface area contributed by atoms with Crippen LogP contribution in [0.15, 0.2) is 88.2 Å². The number of hydrazine groups is 1. The zero-order valence-electron chi connectivity index (χ0n) is 17.1. The SMILES string of the molecule is CCc1ccc(NC(=NS(=O)(=O)c2ccc(C)cc2)NNCc2ccccc2)cc1. The van der Waals surface area contributed by atoms with E-state index in [4.69, 9.17) is 0 Å². The van der Waals surface area contributed by atoms with Crippen molar-refractivity contribution < 1.29 is 8.42 Å². The Labute approximate surface area is 178 Å². The Hall–Kier alpha value is -3.16. The maximum Gasteiger partial charge on any atom is 0.285 e. The highest BCUT2D eigenvalue weighted by molar-refractivity contribution is 7.90. The number of sulfonamides is 1. The second-order valence-electron chi connectivity index (χ2n) is 6.87. The molecule has 0 saturated carbocycles. The molecule has 30 heavy (non-hydrogen) atoms. The van der Waals surface area contributed by atoms with E-state index in [1.54, 1.807) is 24.3 Å². The number of aryl methyl sites for hydroxylation is 2. The third-order valence-corrected chi connectivity index (χ3v) is 5.79. The molecule has 0 saturated heterocycles. The predicted octanol–water partition coefficient (Wildman–Crippen LogP) is 4.01. The minimum atomic E-state index is -3.88. The molecule has 7 heteroatoms. The van der Waals surface area contributed by atoms with Crippen LogP contribution in [0.25, 0.3) is 0 Å². The monoisotopic (exact) mass is 422 g/mol. The van der Waals surface area contributed by atoms with Gasteiger partial charge in [0, 0.05) is 12.2 Å². The molecule has 0 radical (unpaired) electrons. The van der Waals surface area contributed by atoms with Gasteiger partial charge < -0.3 is 5.32 Å². The van der Waals surface area contributed by atoms with Crippen molar-refractivity contribution in [3.63, 3.8) is 0 Å². The summed E-state index contributed by atoms with van der Waals surface area (Å²) < 4.78 is 29.5. The summed E-state index contributed by atoms with van der Waals surface area (Å²) in [5, 5.41) is 3.05. The number of hydrogen-bond donors (Lipinski definition) is 3. The van der Waals surface area contributed by atoms with Crippen molar-refractivity contribution in [2.45, 2.75) is 31.7 Å². The molecular formula is C23H26N4O2S. The summed E-state index contributed by atoms with van der Waals surface area (Å²) in [4.78, 5) is 0.138. The average Bonchev–Trinajstić information content (AvgIpc) is 2.75. The van der Waals surface area contributed by atoms with Crippen LogP contribution >= 0.6 is 0 Å². The molecule has 0 heterocycles. The maximum atomic E-state index is 12.8. The van der Waals surface area contributed by atoms with Crippen LogP contribution in [0.2, 0.25) is 0 Å². The molecule has 0 amide bonds. The lowest BCUT2D eigenvalue weighted by molar-refractivity contribution is 0.596. The van der Waals surface area contributed by atoms with E-state index in [9.17, 15) is 8.42 Å². The minimum Gasteiger partial charge on any atom is -0.324 e. The van der Waals surface area contributed by atoms with E-state index >= 15 is 0 Å². The molecule has 0 fully saturated rings. The van der Waals surface area contributed by atoms with Crippen molar-refractivity contribution in [3.05, 3.63) is 95.6 Å². The quantitative estimate of drug-likeness (QED) is 0.304. The molecular weight excluding hydrogens is 396 g/mol. The Morgan fingerprint density at radius 3 is 2.17 bits per heavy atom. The summed E-state index contributed by atoms with van der Waals surface area (Å²) in [6, 6.07) is 24.2. The molecule has 0 unspecified atom stereocenters. The van der Waals surface area contributed by atoms with Gasteiger partial charge in [-0.2, -0.15) is 8.42 Å². The van der Waals surface area contributed by atoms with Crippen molar-refractivity contribution in [3.8, 4) is 0 Å². The first-order valence-electron chi connectivity index (χ1n) is 9.76. The van der Waals surface area contributed by atoms with Gasteiger partial charge in [-0.3, -0.25) is 5.43 Å². The largest absolute Gasteiger partial charge is 0.324 e. The molecule has 3 aromatic carbocycles. The van der Waals surface area contributed by atoms with Crippen molar-refractivity contribution in [1.82, 2.24) is 10.9 Å². The van der Waals surface area contributed by atoms with Crippen LogP contribution in [-0.2, 0) is 23.0 Å². The fourth-order valence-electron chi connectivity index (χ4n) is 2.75. The molecule has 0 atom stereocenters. The molecule has 0 aliphatic heterocycles. The Bertz CT molecular complexity index is 1080. The smallest absolute Gasteiger partial charge is 0.285 e. The topological polar surface area (TPSA) is 82.6 Å². The first-order chi connectivity index (χ1) is 14.5. The van der Waals surface area contributed by atoms with E-state index in [1.165, 1.54) is 5.56 Å². The number of nitrogens with zero attached hydrogens (tertiary/aromatic N) is 1. The van der Waals surface area contributed by atoms with Crippen LogP contribution in [0.1, 0.15) is 23.6 Å². The van der Waals surface area contributed by atoms with Gasteiger partial charge in [0.1, 0.15) is 0 Å². The van der Waals surface area contributed by atoms with E-state index in [1.807, 2.05) is 61.5 Å². The Morgan fingerprint density at radius 1 is 0.867 bits per heavy atom. The summed E-state index contributed by atoms with van der Waals surface area (Å²) in [6.45, 7) is 4.49. The number of benzene rings is 3. The van der Waals surface area contributed by atoms with Gasteiger partial charge in [-0.05, 0) is 48.7 Å². The van der Waals surface area contributed by atoms with Gasteiger partial charge in [-0.15, -0.1) is 4.40 Å². The summed E-state index contributed by atoms with van der Waals surface area (Å²) in [5.41, 5.74) is 9.88. The third kappa shape index (κ3) is 6.17. The molecule has 0 bridgehead atoms. The first kappa shape index (κ1) is 21.5. The van der Waals surface area contributed by atoms with Crippen LogP contribution in [0.3, 0.4) is 0 Å². The molecule has 0 aromatic heterocycles. The predicted molar refractivity (Wildman–Crippen MR) is 122 cm³/mol. The van der Waals surface area contributed by atoms with Crippen LogP contribution < -0.4 is 16.2 Å². The van der Waals surface area contributed by atoms with Crippen molar-refractivity contribution >= 4 is 21.7 Å². The molecule has 0 aliphatic carbocycles. The van der Waals surface area contributed by atoms with Crippen LogP contribution in [0.5, 0.6) is 0 Å². The number of anilines is 1. The van der Waals surface area contributed by atoms with Gasteiger partial charge >= 0.3 is 0 Å². The fraction of sp³-hybridized carbons (Fsp3) is 0.174. The highest BCUT2D eigenvalue weighted by Crippen LogP contribution is 2.14. The van der Waals surface area contributed by atoms with Crippen molar-refractivity contribution in [2.24, 2.45) is 4.40 Å². The van der Waals surface area contributed by atoms with Crippen LogP contribution in [-0.4, -0.2) is 14.4 Å². The maximum absolute atomic E-state index is 12.8. The molecule has 156 valence electrons. The van der Waals surface area contributed by atoms with E-state index in [0.29, 0.717) is 6.54 Å². The number of hydrogen-bond acceptors (Lipinski definition) is 3. The molecule has 6 nitrogen and oxygen atoms in total.